The lowest BCUT2D eigenvalue weighted by atomic mass is 9.97. The predicted molar refractivity (Wildman–Crippen MR) is 130 cm³/mol. The first-order chi connectivity index (χ1) is 15.6. The fraction of sp³-hybridized carbons (Fsp3) is 0.423. The summed E-state index contributed by atoms with van der Waals surface area (Å²) in [7, 11) is -3.61. The SMILES string of the molecule is Cc1cc(C)c(C)c(S(=O)(=O)N2CCC(C(=O)NC(C)c3cc4ccccc4o3)CC2)c1C. The van der Waals surface area contributed by atoms with E-state index in [0.29, 0.717) is 36.6 Å². The van der Waals surface area contributed by atoms with Gasteiger partial charge in [-0.2, -0.15) is 4.31 Å². The van der Waals surface area contributed by atoms with Gasteiger partial charge in [-0.1, -0.05) is 24.3 Å². The summed E-state index contributed by atoms with van der Waals surface area (Å²) in [6, 6.07) is 11.5. The van der Waals surface area contributed by atoms with Crippen LogP contribution in [-0.2, 0) is 14.8 Å². The first kappa shape index (κ1) is 23.5. The van der Waals surface area contributed by atoms with E-state index in [1.165, 1.54) is 4.31 Å². The molecule has 7 heteroatoms. The van der Waals surface area contributed by atoms with Crippen LogP contribution in [0.5, 0.6) is 0 Å². The standard InChI is InChI=1S/C26H32N2O4S/c1-16-14-17(2)19(4)25(18(16)3)33(30,31)28-12-10-21(11-13-28)26(29)27-20(5)24-15-22-8-6-7-9-23(22)32-24/h6-9,14-15,20-21H,10-13H2,1-5H3,(H,27,29). The van der Waals surface area contributed by atoms with Crippen LogP contribution in [0.2, 0.25) is 0 Å². The zero-order valence-electron chi connectivity index (χ0n) is 19.9. The maximum Gasteiger partial charge on any atom is 0.243 e. The van der Waals surface area contributed by atoms with E-state index in [0.717, 1.165) is 33.2 Å². The number of carbonyl (C=O) groups is 1. The number of sulfonamides is 1. The highest BCUT2D eigenvalue weighted by molar-refractivity contribution is 7.89. The van der Waals surface area contributed by atoms with E-state index in [2.05, 4.69) is 5.32 Å². The van der Waals surface area contributed by atoms with Crippen LogP contribution in [0.1, 0.15) is 53.8 Å². The molecule has 176 valence electrons. The second-order valence-electron chi connectivity index (χ2n) is 9.18. The molecule has 0 saturated carbocycles. The van der Waals surface area contributed by atoms with Crippen molar-refractivity contribution in [3.05, 3.63) is 64.4 Å². The average molecular weight is 469 g/mol. The van der Waals surface area contributed by atoms with Crippen molar-refractivity contribution < 1.29 is 17.6 Å². The molecule has 0 radical (unpaired) electrons. The van der Waals surface area contributed by atoms with Crippen molar-refractivity contribution >= 4 is 26.9 Å². The molecule has 2 aromatic carbocycles. The van der Waals surface area contributed by atoms with E-state index in [4.69, 9.17) is 4.42 Å². The molecule has 2 heterocycles. The van der Waals surface area contributed by atoms with Crippen molar-refractivity contribution in [2.24, 2.45) is 5.92 Å². The summed E-state index contributed by atoms with van der Waals surface area (Å²) in [6.07, 6.45) is 1.00. The second kappa shape index (κ2) is 8.95. The Kier molecular flexibility index (Phi) is 6.38. The van der Waals surface area contributed by atoms with Crippen molar-refractivity contribution in [3.8, 4) is 0 Å². The first-order valence-electron chi connectivity index (χ1n) is 11.5. The quantitative estimate of drug-likeness (QED) is 0.575. The summed E-state index contributed by atoms with van der Waals surface area (Å²) in [6.45, 7) is 10.2. The molecule has 1 fully saturated rings. The van der Waals surface area contributed by atoms with Gasteiger partial charge in [0.05, 0.1) is 10.9 Å². The van der Waals surface area contributed by atoms with Gasteiger partial charge in [-0.05, 0) is 81.8 Å². The number of rotatable bonds is 5. The third-order valence-corrected chi connectivity index (χ3v) is 9.12. The number of nitrogens with zero attached hydrogens (tertiary/aromatic N) is 1. The molecule has 1 aliphatic heterocycles. The highest BCUT2D eigenvalue weighted by Crippen LogP contribution is 2.31. The van der Waals surface area contributed by atoms with Gasteiger partial charge >= 0.3 is 0 Å². The number of piperidine rings is 1. The Bertz CT molecular complexity index is 1240. The number of furan rings is 1. The lowest BCUT2D eigenvalue weighted by Gasteiger charge is -2.32. The first-order valence-corrected chi connectivity index (χ1v) is 12.9. The molecule has 1 amide bonds. The minimum absolute atomic E-state index is 0.0567. The number of fused-ring (bicyclic) bond motifs is 1. The maximum atomic E-state index is 13.5. The molecule has 0 aliphatic carbocycles. The number of nitrogens with one attached hydrogen (secondary N) is 1. The lowest BCUT2D eigenvalue weighted by molar-refractivity contribution is -0.126. The molecule has 1 aliphatic rings. The number of benzene rings is 2. The number of carbonyl (C=O) groups excluding carboxylic acids is 1. The Balaban J connectivity index is 1.43. The van der Waals surface area contributed by atoms with Crippen LogP contribution in [-0.4, -0.2) is 31.7 Å². The molecule has 6 nitrogen and oxygen atoms in total. The Morgan fingerprint density at radius 2 is 1.64 bits per heavy atom. The number of hydrogen-bond donors (Lipinski definition) is 1. The number of amides is 1. The van der Waals surface area contributed by atoms with Gasteiger partial charge in [0.1, 0.15) is 11.3 Å². The number of para-hydroxylation sites is 1. The topological polar surface area (TPSA) is 79.6 Å². The Labute approximate surface area is 196 Å². The molecule has 1 N–H and O–H groups in total. The van der Waals surface area contributed by atoms with Crippen molar-refractivity contribution in [1.29, 1.82) is 0 Å². The van der Waals surface area contributed by atoms with Gasteiger partial charge < -0.3 is 9.73 Å². The minimum atomic E-state index is -3.61. The van der Waals surface area contributed by atoms with Crippen molar-refractivity contribution in [3.63, 3.8) is 0 Å². The fourth-order valence-electron chi connectivity index (χ4n) is 4.67. The monoisotopic (exact) mass is 468 g/mol. The molecule has 33 heavy (non-hydrogen) atoms. The molecule has 1 aromatic heterocycles. The van der Waals surface area contributed by atoms with Crippen LogP contribution in [0.4, 0.5) is 0 Å². The number of hydrogen-bond acceptors (Lipinski definition) is 4. The number of aryl methyl sites for hydroxylation is 2. The molecule has 4 rings (SSSR count). The molecule has 1 unspecified atom stereocenters. The average Bonchev–Trinajstić information content (AvgIpc) is 3.22. The summed E-state index contributed by atoms with van der Waals surface area (Å²) in [5, 5.41) is 4.05. The van der Waals surface area contributed by atoms with Crippen molar-refractivity contribution in [2.45, 2.75) is 58.4 Å². The van der Waals surface area contributed by atoms with Crippen LogP contribution in [0.3, 0.4) is 0 Å². The summed E-state index contributed by atoms with van der Waals surface area (Å²) in [5.74, 6) is 0.439. The van der Waals surface area contributed by atoms with E-state index in [1.807, 2.05) is 71.0 Å². The van der Waals surface area contributed by atoms with Crippen LogP contribution < -0.4 is 5.32 Å². The highest BCUT2D eigenvalue weighted by Gasteiger charge is 2.34. The van der Waals surface area contributed by atoms with Gasteiger partial charge in [-0.3, -0.25) is 4.79 Å². The Morgan fingerprint density at radius 3 is 2.24 bits per heavy atom. The predicted octanol–water partition coefficient (Wildman–Crippen LogP) is 4.94. The van der Waals surface area contributed by atoms with E-state index < -0.39 is 10.0 Å². The van der Waals surface area contributed by atoms with Crippen molar-refractivity contribution in [2.75, 3.05) is 13.1 Å². The van der Waals surface area contributed by atoms with Crippen LogP contribution >= 0.6 is 0 Å². The van der Waals surface area contributed by atoms with Crippen LogP contribution in [0, 0.1) is 33.6 Å². The zero-order chi connectivity index (χ0) is 23.9. The van der Waals surface area contributed by atoms with Gasteiger partial charge in [-0.25, -0.2) is 8.42 Å². The van der Waals surface area contributed by atoms with Crippen molar-refractivity contribution in [1.82, 2.24) is 9.62 Å². The Hall–Kier alpha value is -2.64. The molecular formula is C26H32N2O4S. The van der Waals surface area contributed by atoms with Gasteiger partial charge in [-0.15, -0.1) is 0 Å². The highest BCUT2D eigenvalue weighted by atomic mass is 32.2. The molecular weight excluding hydrogens is 436 g/mol. The van der Waals surface area contributed by atoms with Gasteiger partial charge in [0.2, 0.25) is 15.9 Å². The summed E-state index contributed by atoms with van der Waals surface area (Å²) in [4.78, 5) is 13.3. The van der Waals surface area contributed by atoms with Gasteiger partial charge in [0.15, 0.2) is 0 Å². The largest absolute Gasteiger partial charge is 0.459 e. The summed E-state index contributed by atoms with van der Waals surface area (Å²) >= 11 is 0. The van der Waals surface area contributed by atoms with Crippen LogP contribution in [0.15, 0.2) is 45.7 Å². The third kappa shape index (κ3) is 4.44. The minimum Gasteiger partial charge on any atom is -0.459 e. The van der Waals surface area contributed by atoms with Gasteiger partial charge in [0, 0.05) is 24.4 Å². The van der Waals surface area contributed by atoms with Gasteiger partial charge in [0.25, 0.3) is 0 Å². The molecule has 0 spiro atoms. The molecule has 0 bridgehead atoms. The molecule has 1 atom stereocenters. The normalized spacial score (nSPS) is 16.8. The fourth-order valence-corrected chi connectivity index (χ4v) is 6.72. The van der Waals surface area contributed by atoms with E-state index in [-0.39, 0.29) is 17.9 Å². The second-order valence-corrected chi connectivity index (χ2v) is 11.1. The Morgan fingerprint density at radius 1 is 1.03 bits per heavy atom. The van der Waals surface area contributed by atoms with E-state index in [1.54, 1.807) is 0 Å². The van der Waals surface area contributed by atoms with E-state index in [9.17, 15) is 13.2 Å². The maximum absolute atomic E-state index is 13.5. The zero-order valence-corrected chi connectivity index (χ0v) is 20.8. The molecule has 1 saturated heterocycles. The lowest BCUT2D eigenvalue weighted by Crippen LogP contribution is -2.43. The van der Waals surface area contributed by atoms with Crippen LogP contribution in [0.25, 0.3) is 11.0 Å². The summed E-state index contributed by atoms with van der Waals surface area (Å²) < 4.78 is 34.3. The summed E-state index contributed by atoms with van der Waals surface area (Å²) in [5.41, 5.74) is 4.36. The smallest absolute Gasteiger partial charge is 0.243 e. The van der Waals surface area contributed by atoms with E-state index >= 15 is 0 Å². The molecule has 3 aromatic rings. The third-order valence-electron chi connectivity index (χ3n) is 6.95.